The number of carbonyl (C=O) groups excluding carboxylic acids is 2. The lowest BCUT2D eigenvalue weighted by molar-refractivity contribution is -0.138. The third-order valence-electron chi connectivity index (χ3n) is 6.79. The highest BCUT2D eigenvalue weighted by Crippen LogP contribution is 2.52. The largest absolute Gasteiger partial charge is 0.463 e. The number of hydrogen-bond acceptors (Lipinski definition) is 5. The summed E-state index contributed by atoms with van der Waals surface area (Å²) < 4.78 is 10.1. The lowest BCUT2D eigenvalue weighted by Crippen LogP contribution is -2.36. The number of ether oxygens (including phenoxy) is 2. The van der Waals surface area contributed by atoms with Crippen LogP contribution in [0.3, 0.4) is 0 Å². The van der Waals surface area contributed by atoms with Crippen molar-refractivity contribution in [2.24, 2.45) is 0 Å². The Morgan fingerprint density at radius 2 is 1.44 bits per heavy atom. The Balaban J connectivity index is 1.77. The monoisotopic (exact) mass is 541 g/mol. The van der Waals surface area contributed by atoms with Crippen LogP contribution in [0.1, 0.15) is 37.0 Å². The Hall–Kier alpha value is -3.77. The molecule has 6 heteroatoms. The zero-order chi connectivity index (χ0) is 27.7. The molecule has 2 atom stereocenters. The van der Waals surface area contributed by atoms with Crippen molar-refractivity contribution in [1.29, 1.82) is 0 Å². The molecule has 0 bridgehead atoms. The van der Waals surface area contributed by atoms with Crippen LogP contribution in [-0.2, 0) is 19.0 Å². The number of thioether (sulfide) groups is 1. The van der Waals surface area contributed by atoms with E-state index in [4.69, 9.17) is 9.47 Å². The summed E-state index contributed by atoms with van der Waals surface area (Å²) in [4.78, 5) is 27.2. The van der Waals surface area contributed by atoms with Gasteiger partial charge in [-0.15, -0.1) is 11.8 Å². The van der Waals surface area contributed by atoms with Crippen molar-refractivity contribution in [3.8, 4) is 0 Å². The maximum absolute atomic E-state index is 13.1. The molecule has 0 saturated carbocycles. The van der Waals surface area contributed by atoms with Gasteiger partial charge in [-0.1, -0.05) is 110 Å². The van der Waals surface area contributed by atoms with Crippen molar-refractivity contribution in [2.45, 2.75) is 36.3 Å². The number of nitrogens with zero attached hydrogens (tertiary/aromatic N) is 1. The standard InChI is InChI=1S/C33H35NO4S/c1-4-21-38-32(36)34-24-30(23-29(34)22-25(3)31(35)37-5-2)39-33(26-15-9-6-10-16-26,27-17-11-7-12-18-27)28-19-13-8-14-20-28/h4,6-20,22,29-30H,1,5,21,23-24H2,2-3H3/b25-22+/t29-,30+/m1/s1. The van der Waals surface area contributed by atoms with Crippen LogP contribution >= 0.6 is 11.8 Å². The Bertz CT molecular complexity index is 1180. The zero-order valence-electron chi connectivity index (χ0n) is 22.5. The summed E-state index contributed by atoms with van der Waals surface area (Å²) in [6.07, 6.45) is 3.64. The van der Waals surface area contributed by atoms with Crippen molar-refractivity contribution in [3.05, 3.63) is 132 Å². The SMILES string of the molecule is C=CCOC(=O)N1C[C@@H](SC(c2ccccc2)(c2ccccc2)c2ccccc2)C[C@H]1/C=C(\C)C(=O)OCC. The fraction of sp³-hybridized carbons (Fsp3) is 0.273. The van der Waals surface area contributed by atoms with Crippen LogP contribution in [0.25, 0.3) is 0 Å². The highest BCUT2D eigenvalue weighted by Gasteiger charge is 2.44. The molecule has 3 aromatic carbocycles. The van der Waals surface area contributed by atoms with Crippen LogP contribution in [0.4, 0.5) is 4.79 Å². The average molecular weight is 542 g/mol. The predicted octanol–water partition coefficient (Wildman–Crippen LogP) is 6.99. The van der Waals surface area contributed by atoms with Gasteiger partial charge in [-0.2, -0.15) is 0 Å². The first kappa shape index (κ1) is 28.2. The highest BCUT2D eigenvalue weighted by molar-refractivity contribution is 8.01. The van der Waals surface area contributed by atoms with Crippen molar-refractivity contribution in [3.63, 3.8) is 0 Å². The van der Waals surface area contributed by atoms with Crippen molar-refractivity contribution in [2.75, 3.05) is 19.8 Å². The number of rotatable bonds is 10. The molecule has 4 rings (SSSR count). The molecule has 1 saturated heterocycles. The molecule has 0 aromatic heterocycles. The van der Waals surface area contributed by atoms with E-state index in [0.717, 1.165) is 16.7 Å². The molecule has 1 fully saturated rings. The number of esters is 1. The van der Waals surface area contributed by atoms with Gasteiger partial charge < -0.3 is 14.4 Å². The minimum absolute atomic E-state index is 0.0538. The van der Waals surface area contributed by atoms with E-state index in [1.54, 1.807) is 24.8 Å². The summed E-state index contributed by atoms with van der Waals surface area (Å²) in [5.74, 6) is -0.375. The van der Waals surface area contributed by atoms with Gasteiger partial charge in [-0.3, -0.25) is 0 Å². The molecule has 39 heavy (non-hydrogen) atoms. The zero-order valence-corrected chi connectivity index (χ0v) is 23.3. The number of amides is 1. The maximum atomic E-state index is 13.1. The molecule has 0 aliphatic carbocycles. The Kier molecular flexibility index (Phi) is 9.66. The molecule has 0 N–H and O–H groups in total. The van der Waals surface area contributed by atoms with Gasteiger partial charge in [0.15, 0.2) is 0 Å². The summed E-state index contributed by atoms with van der Waals surface area (Å²) in [6.45, 7) is 8.08. The van der Waals surface area contributed by atoms with Gasteiger partial charge >= 0.3 is 12.1 Å². The molecule has 3 aromatic rings. The van der Waals surface area contributed by atoms with Gasteiger partial charge in [0.1, 0.15) is 6.61 Å². The average Bonchev–Trinajstić information content (AvgIpc) is 3.38. The van der Waals surface area contributed by atoms with E-state index in [1.165, 1.54) is 0 Å². The third kappa shape index (κ3) is 6.45. The first-order valence-electron chi connectivity index (χ1n) is 13.2. The van der Waals surface area contributed by atoms with E-state index in [-0.39, 0.29) is 23.9 Å². The van der Waals surface area contributed by atoms with Crippen molar-refractivity contribution < 1.29 is 19.1 Å². The number of hydrogen-bond donors (Lipinski definition) is 0. The Morgan fingerprint density at radius 1 is 0.923 bits per heavy atom. The molecule has 202 valence electrons. The summed E-state index contributed by atoms with van der Waals surface area (Å²) in [6, 6.07) is 31.2. The van der Waals surface area contributed by atoms with E-state index < -0.39 is 10.8 Å². The normalized spacial score (nSPS) is 17.5. The molecule has 1 aliphatic rings. The smallest absolute Gasteiger partial charge is 0.410 e. The second-order valence-electron chi connectivity index (χ2n) is 9.41. The second-order valence-corrected chi connectivity index (χ2v) is 10.9. The van der Waals surface area contributed by atoms with E-state index >= 15 is 0 Å². The number of likely N-dealkylation sites (tertiary alicyclic amines) is 1. The van der Waals surface area contributed by atoms with E-state index in [0.29, 0.717) is 25.1 Å². The summed E-state index contributed by atoms with van der Waals surface area (Å²) in [5.41, 5.74) is 3.97. The predicted molar refractivity (Wildman–Crippen MR) is 158 cm³/mol. The lowest BCUT2D eigenvalue weighted by Gasteiger charge is -2.37. The van der Waals surface area contributed by atoms with E-state index in [1.807, 2.05) is 36.0 Å². The van der Waals surface area contributed by atoms with Gasteiger partial charge in [-0.25, -0.2) is 9.59 Å². The van der Waals surface area contributed by atoms with Crippen LogP contribution in [0, 0.1) is 0 Å². The molecule has 5 nitrogen and oxygen atoms in total. The van der Waals surface area contributed by atoms with Crippen LogP contribution in [0.15, 0.2) is 115 Å². The quantitative estimate of drug-likeness (QED) is 0.120. The van der Waals surface area contributed by atoms with Gasteiger partial charge in [0.05, 0.1) is 17.4 Å². The topological polar surface area (TPSA) is 55.8 Å². The maximum Gasteiger partial charge on any atom is 0.410 e. The first-order chi connectivity index (χ1) is 19.0. The van der Waals surface area contributed by atoms with Gasteiger partial charge in [-0.05, 0) is 37.0 Å². The molecular formula is C33H35NO4S. The summed E-state index contributed by atoms with van der Waals surface area (Å²) >= 11 is 1.84. The fourth-order valence-electron chi connectivity index (χ4n) is 5.07. The molecule has 1 heterocycles. The molecule has 1 aliphatic heterocycles. The van der Waals surface area contributed by atoms with Gasteiger partial charge in [0, 0.05) is 17.4 Å². The molecular weight excluding hydrogens is 506 g/mol. The van der Waals surface area contributed by atoms with Crippen LogP contribution < -0.4 is 0 Å². The van der Waals surface area contributed by atoms with E-state index in [2.05, 4.69) is 79.4 Å². The van der Waals surface area contributed by atoms with Crippen LogP contribution in [-0.4, -0.2) is 48.0 Å². The first-order valence-corrected chi connectivity index (χ1v) is 14.1. The van der Waals surface area contributed by atoms with E-state index in [9.17, 15) is 9.59 Å². The summed E-state index contributed by atoms with van der Waals surface area (Å²) in [5, 5.41) is 0.0538. The van der Waals surface area contributed by atoms with Gasteiger partial charge in [0.25, 0.3) is 0 Å². The number of carbonyl (C=O) groups is 2. The Labute approximate surface area is 235 Å². The van der Waals surface area contributed by atoms with Crippen molar-refractivity contribution >= 4 is 23.8 Å². The molecule has 1 amide bonds. The highest BCUT2D eigenvalue weighted by atomic mass is 32.2. The van der Waals surface area contributed by atoms with Crippen LogP contribution in [0.5, 0.6) is 0 Å². The minimum Gasteiger partial charge on any atom is -0.463 e. The lowest BCUT2D eigenvalue weighted by atomic mass is 9.84. The fourth-order valence-corrected chi connectivity index (χ4v) is 6.91. The van der Waals surface area contributed by atoms with Crippen molar-refractivity contribution in [1.82, 2.24) is 4.90 Å². The molecule has 0 radical (unpaired) electrons. The molecule has 0 spiro atoms. The third-order valence-corrected chi connectivity index (χ3v) is 8.52. The Morgan fingerprint density at radius 3 is 1.90 bits per heavy atom. The molecule has 0 unspecified atom stereocenters. The summed E-state index contributed by atoms with van der Waals surface area (Å²) in [7, 11) is 0. The number of benzene rings is 3. The van der Waals surface area contributed by atoms with Crippen LogP contribution in [0.2, 0.25) is 0 Å². The second kappa shape index (κ2) is 13.3. The minimum atomic E-state index is -0.514. The van der Waals surface area contributed by atoms with Gasteiger partial charge in [0.2, 0.25) is 0 Å².